The van der Waals surface area contributed by atoms with Crippen LogP contribution in [-0.4, -0.2) is 15.8 Å². The second-order valence-corrected chi connectivity index (χ2v) is 6.36. The van der Waals surface area contributed by atoms with Crippen LogP contribution in [0.25, 0.3) is 22.2 Å². The Hall–Kier alpha value is -3.87. The van der Waals surface area contributed by atoms with E-state index in [1.807, 2.05) is 42.5 Å². The van der Waals surface area contributed by atoms with Crippen LogP contribution >= 0.6 is 0 Å². The lowest BCUT2D eigenvalue weighted by molar-refractivity contribution is 0.104. The van der Waals surface area contributed by atoms with Crippen LogP contribution < -0.4 is 16.8 Å². The van der Waals surface area contributed by atoms with Gasteiger partial charge in [-0.05, 0) is 11.6 Å². The van der Waals surface area contributed by atoms with E-state index in [9.17, 15) is 4.79 Å². The lowest BCUT2D eigenvalue weighted by Crippen LogP contribution is -2.04. The summed E-state index contributed by atoms with van der Waals surface area (Å²) >= 11 is 0. The lowest BCUT2D eigenvalue weighted by Gasteiger charge is -2.11. The monoisotopic (exact) mass is 357 g/mol. The minimum atomic E-state index is 0.0473. The molecule has 5 N–H and O–H groups in total. The average molecular weight is 357 g/mol. The van der Waals surface area contributed by atoms with Gasteiger partial charge in [-0.25, -0.2) is 0 Å². The Balaban J connectivity index is 1.54. The number of furan rings is 1. The maximum Gasteiger partial charge on any atom is 0.233 e. The van der Waals surface area contributed by atoms with Gasteiger partial charge < -0.3 is 21.2 Å². The van der Waals surface area contributed by atoms with Crippen LogP contribution in [0.1, 0.15) is 21.5 Å². The zero-order valence-corrected chi connectivity index (χ0v) is 14.2. The Labute approximate surface area is 154 Å². The van der Waals surface area contributed by atoms with Crippen LogP contribution in [0.3, 0.4) is 0 Å². The molecule has 0 bridgehead atoms. The van der Waals surface area contributed by atoms with Crippen LogP contribution in [0.15, 0.2) is 53.1 Å². The van der Waals surface area contributed by atoms with E-state index in [4.69, 9.17) is 15.9 Å². The molecule has 4 aromatic rings. The van der Waals surface area contributed by atoms with E-state index in [1.165, 1.54) is 0 Å². The SMILES string of the molecule is Nc1nc(N)c2c(CNc3cccc4c3-c3ccccc3C4=O)coc2n1. The molecule has 0 saturated heterocycles. The van der Waals surface area contributed by atoms with Crippen molar-refractivity contribution in [1.82, 2.24) is 9.97 Å². The number of fused-ring (bicyclic) bond motifs is 4. The quantitative estimate of drug-likeness (QED) is 0.453. The van der Waals surface area contributed by atoms with E-state index in [-0.39, 0.29) is 17.5 Å². The van der Waals surface area contributed by atoms with E-state index in [2.05, 4.69) is 15.3 Å². The molecule has 0 radical (unpaired) electrons. The molecule has 0 amide bonds. The number of aromatic nitrogens is 2. The molecule has 132 valence electrons. The van der Waals surface area contributed by atoms with Crippen molar-refractivity contribution in [2.75, 3.05) is 16.8 Å². The number of benzene rings is 2. The predicted octanol–water partition coefficient (Wildman–Crippen LogP) is 3.21. The van der Waals surface area contributed by atoms with Crippen molar-refractivity contribution < 1.29 is 9.21 Å². The standard InChI is InChI=1S/C20H15N5O2/c21-18-15-10(9-27-19(15)25-20(22)24-18)8-23-14-7-3-6-13-16(14)11-4-1-2-5-12(11)17(13)26/h1-7,9,23H,8H2,(H4,21,22,24,25). The molecule has 0 aliphatic heterocycles. The minimum Gasteiger partial charge on any atom is -0.446 e. The predicted molar refractivity (Wildman–Crippen MR) is 103 cm³/mol. The summed E-state index contributed by atoms with van der Waals surface area (Å²) in [6.07, 6.45) is 1.59. The summed E-state index contributed by atoms with van der Waals surface area (Å²) in [4.78, 5) is 20.7. The van der Waals surface area contributed by atoms with Crippen molar-refractivity contribution in [3.8, 4) is 11.1 Å². The third kappa shape index (κ3) is 2.25. The van der Waals surface area contributed by atoms with Crippen molar-refractivity contribution in [3.05, 3.63) is 65.4 Å². The molecular weight excluding hydrogens is 342 g/mol. The van der Waals surface area contributed by atoms with Crippen molar-refractivity contribution in [3.63, 3.8) is 0 Å². The Morgan fingerprint density at radius 3 is 2.59 bits per heavy atom. The van der Waals surface area contributed by atoms with E-state index in [0.717, 1.165) is 27.9 Å². The van der Waals surface area contributed by atoms with Gasteiger partial charge in [-0.1, -0.05) is 36.4 Å². The number of hydrogen-bond donors (Lipinski definition) is 3. The maximum atomic E-state index is 12.6. The first-order valence-electron chi connectivity index (χ1n) is 8.43. The first-order valence-corrected chi connectivity index (χ1v) is 8.43. The fourth-order valence-corrected chi connectivity index (χ4v) is 3.59. The van der Waals surface area contributed by atoms with Crippen LogP contribution in [0.2, 0.25) is 0 Å². The summed E-state index contributed by atoms with van der Waals surface area (Å²) in [5, 5.41) is 4.03. The number of carbonyl (C=O) groups is 1. The molecule has 7 nitrogen and oxygen atoms in total. The van der Waals surface area contributed by atoms with Crippen LogP contribution in [-0.2, 0) is 6.54 Å². The summed E-state index contributed by atoms with van der Waals surface area (Å²) in [5.41, 5.74) is 16.9. The van der Waals surface area contributed by atoms with Gasteiger partial charge in [0, 0.05) is 34.5 Å². The first kappa shape index (κ1) is 15.4. The van der Waals surface area contributed by atoms with Crippen LogP contribution in [0, 0.1) is 0 Å². The van der Waals surface area contributed by atoms with Gasteiger partial charge in [0.1, 0.15) is 5.82 Å². The second-order valence-electron chi connectivity index (χ2n) is 6.36. The molecule has 7 heteroatoms. The molecule has 2 heterocycles. The third-order valence-corrected chi connectivity index (χ3v) is 4.77. The molecule has 1 aliphatic carbocycles. The zero-order chi connectivity index (χ0) is 18.5. The van der Waals surface area contributed by atoms with Crippen molar-refractivity contribution >= 4 is 34.3 Å². The number of nitrogens with one attached hydrogen (secondary N) is 1. The van der Waals surface area contributed by atoms with Gasteiger partial charge in [0.25, 0.3) is 0 Å². The maximum absolute atomic E-state index is 12.6. The number of nitrogens with two attached hydrogens (primary N) is 2. The lowest BCUT2D eigenvalue weighted by atomic mass is 10.0. The highest BCUT2D eigenvalue weighted by Crippen LogP contribution is 2.41. The number of hydrogen-bond acceptors (Lipinski definition) is 7. The van der Waals surface area contributed by atoms with Crippen LogP contribution in [0.5, 0.6) is 0 Å². The highest BCUT2D eigenvalue weighted by molar-refractivity contribution is 6.23. The fourth-order valence-electron chi connectivity index (χ4n) is 3.59. The summed E-state index contributed by atoms with van der Waals surface area (Å²) in [6, 6.07) is 13.3. The molecule has 1 aliphatic rings. The fraction of sp³-hybridized carbons (Fsp3) is 0.0500. The smallest absolute Gasteiger partial charge is 0.233 e. The molecular formula is C20H15N5O2. The molecule has 2 aromatic carbocycles. The largest absolute Gasteiger partial charge is 0.446 e. The molecule has 0 spiro atoms. The number of ketones is 1. The number of anilines is 3. The van der Waals surface area contributed by atoms with E-state index >= 15 is 0 Å². The van der Waals surface area contributed by atoms with Gasteiger partial charge in [0.15, 0.2) is 5.78 Å². The van der Waals surface area contributed by atoms with Gasteiger partial charge >= 0.3 is 0 Å². The Bertz CT molecular complexity index is 1230. The van der Waals surface area contributed by atoms with Crippen molar-refractivity contribution in [2.24, 2.45) is 0 Å². The van der Waals surface area contributed by atoms with Gasteiger partial charge in [0.05, 0.1) is 11.6 Å². The highest BCUT2D eigenvalue weighted by atomic mass is 16.3. The summed E-state index contributed by atoms with van der Waals surface area (Å²) in [7, 11) is 0. The summed E-state index contributed by atoms with van der Waals surface area (Å²) < 4.78 is 5.46. The molecule has 5 rings (SSSR count). The number of carbonyl (C=O) groups excluding carboxylic acids is 1. The Kier molecular flexibility index (Phi) is 3.17. The molecule has 2 aromatic heterocycles. The Morgan fingerprint density at radius 1 is 0.963 bits per heavy atom. The van der Waals surface area contributed by atoms with Gasteiger partial charge in [-0.2, -0.15) is 9.97 Å². The number of nitrogen functional groups attached to an aromatic ring is 2. The Morgan fingerprint density at radius 2 is 1.74 bits per heavy atom. The first-order chi connectivity index (χ1) is 13.1. The number of rotatable bonds is 3. The van der Waals surface area contributed by atoms with E-state index in [0.29, 0.717) is 23.2 Å². The van der Waals surface area contributed by atoms with Gasteiger partial charge in [-0.3, -0.25) is 4.79 Å². The zero-order valence-electron chi connectivity index (χ0n) is 14.2. The molecule has 0 atom stereocenters. The van der Waals surface area contributed by atoms with E-state index < -0.39 is 0 Å². The van der Waals surface area contributed by atoms with Crippen molar-refractivity contribution in [1.29, 1.82) is 0 Å². The average Bonchev–Trinajstić information content (AvgIpc) is 3.20. The second kappa shape index (κ2) is 5.57. The molecule has 0 unspecified atom stereocenters. The summed E-state index contributed by atoms with van der Waals surface area (Å²) in [6.45, 7) is 0.442. The number of nitrogens with zero attached hydrogens (tertiary/aromatic N) is 2. The van der Waals surface area contributed by atoms with E-state index in [1.54, 1.807) is 6.26 Å². The van der Waals surface area contributed by atoms with Crippen LogP contribution in [0.4, 0.5) is 17.5 Å². The minimum absolute atomic E-state index is 0.0473. The molecule has 0 fully saturated rings. The molecule has 27 heavy (non-hydrogen) atoms. The van der Waals surface area contributed by atoms with Crippen molar-refractivity contribution in [2.45, 2.75) is 6.54 Å². The molecule has 0 saturated carbocycles. The highest BCUT2D eigenvalue weighted by Gasteiger charge is 2.28. The van der Waals surface area contributed by atoms with Gasteiger partial charge in [-0.15, -0.1) is 0 Å². The van der Waals surface area contributed by atoms with Gasteiger partial charge in [0.2, 0.25) is 11.7 Å². The summed E-state index contributed by atoms with van der Waals surface area (Å²) in [5.74, 6) is 0.401. The normalized spacial score (nSPS) is 12.2. The topological polar surface area (TPSA) is 120 Å². The third-order valence-electron chi connectivity index (χ3n) is 4.77.